The molecule has 148 valence electrons. The topological polar surface area (TPSA) is 72.9 Å². The van der Waals surface area contributed by atoms with E-state index < -0.39 is 5.79 Å². The Bertz CT molecular complexity index is 809. The standard InChI is InChI=1S/C21H25N3O4/c1-2-26-19-6-4-3-5-17(19)23-20(25)18-8-7-16(15-22-18)24-11-9-21(10-12-24)27-13-14-28-21/h3-8,15H,2,9-14H2,1H3,(H,23,25). The summed E-state index contributed by atoms with van der Waals surface area (Å²) in [6.07, 6.45) is 3.42. The van der Waals surface area contributed by atoms with Gasteiger partial charge in [0.05, 0.1) is 37.4 Å². The Morgan fingerprint density at radius 2 is 1.93 bits per heavy atom. The number of benzene rings is 1. The Morgan fingerprint density at radius 3 is 2.61 bits per heavy atom. The van der Waals surface area contributed by atoms with Crippen LogP contribution in [-0.2, 0) is 9.47 Å². The molecule has 4 rings (SSSR count). The van der Waals surface area contributed by atoms with E-state index in [0.29, 0.717) is 37.0 Å². The number of carbonyl (C=O) groups excluding carboxylic acids is 1. The van der Waals surface area contributed by atoms with Gasteiger partial charge in [0.1, 0.15) is 11.4 Å². The SMILES string of the molecule is CCOc1ccccc1NC(=O)c1ccc(N2CCC3(CC2)OCCO3)cn1. The molecule has 0 atom stereocenters. The summed E-state index contributed by atoms with van der Waals surface area (Å²) in [5.74, 6) is -0.00448. The highest BCUT2D eigenvalue weighted by Gasteiger charge is 2.39. The summed E-state index contributed by atoms with van der Waals surface area (Å²) in [6.45, 7) is 5.48. The van der Waals surface area contributed by atoms with Gasteiger partial charge in [-0.05, 0) is 31.2 Å². The summed E-state index contributed by atoms with van der Waals surface area (Å²) >= 11 is 0. The van der Waals surface area contributed by atoms with Gasteiger partial charge in [0, 0.05) is 25.9 Å². The van der Waals surface area contributed by atoms with Gasteiger partial charge in [-0.25, -0.2) is 4.98 Å². The number of carbonyl (C=O) groups is 1. The molecule has 2 fully saturated rings. The van der Waals surface area contributed by atoms with E-state index >= 15 is 0 Å². The number of aromatic nitrogens is 1. The molecule has 7 heteroatoms. The van der Waals surface area contributed by atoms with Crippen molar-refractivity contribution in [2.24, 2.45) is 0 Å². The lowest BCUT2D eigenvalue weighted by Gasteiger charge is -2.38. The first-order chi connectivity index (χ1) is 13.7. The number of pyridine rings is 1. The molecule has 1 aromatic heterocycles. The highest BCUT2D eigenvalue weighted by Crippen LogP contribution is 2.33. The molecule has 1 amide bonds. The van der Waals surface area contributed by atoms with Crippen molar-refractivity contribution in [3.05, 3.63) is 48.3 Å². The highest BCUT2D eigenvalue weighted by atomic mass is 16.7. The van der Waals surface area contributed by atoms with Crippen LogP contribution in [0.15, 0.2) is 42.6 Å². The number of piperidine rings is 1. The van der Waals surface area contributed by atoms with Crippen molar-refractivity contribution in [3.8, 4) is 5.75 Å². The third kappa shape index (κ3) is 3.95. The quantitative estimate of drug-likeness (QED) is 0.855. The maximum Gasteiger partial charge on any atom is 0.274 e. The lowest BCUT2D eigenvalue weighted by molar-refractivity contribution is -0.169. The van der Waals surface area contributed by atoms with Crippen molar-refractivity contribution in [1.29, 1.82) is 0 Å². The minimum absolute atomic E-state index is 0.260. The smallest absolute Gasteiger partial charge is 0.274 e. The van der Waals surface area contributed by atoms with E-state index in [1.807, 2.05) is 37.3 Å². The van der Waals surface area contributed by atoms with E-state index in [-0.39, 0.29) is 5.91 Å². The lowest BCUT2D eigenvalue weighted by atomic mass is 10.0. The number of anilines is 2. The van der Waals surface area contributed by atoms with E-state index in [0.717, 1.165) is 31.6 Å². The molecule has 0 aliphatic carbocycles. The van der Waals surface area contributed by atoms with Gasteiger partial charge < -0.3 is 24.4 Å². The summed E-state index contributed by atoms with van der Waals surface area (Å²) in [4.78, 5) is 19.2. The number of rotatable bonds is 5. The Kier molecular flexibility index (Phi) is 5.45. The highest BCUT2D eigenvalue weighted by molar-refractivity contribution is 6.03. The summed E-state index contributed by atoms with van der Waals surface area (Å²) in [5.41, 5.74) is 2.00. The van der Waals surface area contributed by atoms with Crippen molar-refractivity contribution in [1.82, 2.24) is 4.98 Å². The first-order valence-electron chi connectivity index (χ1n) is 9.71. The van der Waals surface area contributed by atoms with E-state index in [1.165, 1.54) is 0 Å². The van der Waals surface area contributed by atoms with Crippen molar-refractivity contribution in [2.45, 2.75) is 25.6 Å². The van der Waals surface area contributed by atoms with Crippen LogP contribution < -0.4 is 15.0 Å². The fraction of sp³-hybridized carbons (Fsp3) is 0.429. The number of para-hydroxylation sites is 2. The molecule has 0 radical (unpaired) electrons. The zero-order valence-electron chi connectivity index (χ0n) is 16.0. The van der Waals surface area contributed by atoms with E-state index in [2.05, 4.69) is 15.2 Å². The van der Waals surface area contributed by atoms with Crippen LogP contribution in [0, 0.1) is 0 Å². The molecule has 3 heterocycles. The predicted molar refractivity (Wildman–Crippen MR) is 106 cm³/mol. The summed E-state index contributed by atoms with van der Waals surface area (Å²) in [6, 6.07) is 11.1. The zero-order valence-corrected chi connectivity index (χ0v) is 16.0. The van der Waals surface area contributed by atoms with Gasteiger partial charge in [-0.15, -0.1) is 0 Å². The molecule has 2 aliphatic heterocycles. The molecule has 2 aromatic rings. The summed E-state index contributed by atoms with van der Waals surface area (Å²) < 4.78 is 17.1. The van der Waals surface area contributed by atoms with Gasteiger partial charge in [-0.2, -0.15) is 0 Å². The molecule has 1 N–H and O–H groups in total. The monoisotopic (exact) mass is 383 g/mol. The fourth-order valence-corrected chi connectivity index (χ4v) is 3.64. The second-order valence-corrected chi connectivity index (χ2v) is 6.88. The maximum absolute atomic E-state index is 12.6. The predicted octanol–water partition coefficient (Wildman–Crippen LogP) is 3.08. The van der Waals surface area contributed by atoms with E-state index in [1.54, 1.807) is 12.3 Å². The maximum atomic E-state index is 12.6. The fourth-order valence-electron chi connectivity index (χ4n) is 3.64. The second-order valence-electron chi connectivity index (χ2n) is 6.88. The molecule has 2 aliphatic rings. The van der Waals surface area contributed by atoms with E-state index in [9.17, 15) is 4.79 Å². The van der Waals surface area contributed by atoms with Crippen LogP contribution in [-0.4, -0.2) is 49.6 Å². The van der Waals surface area contributed by atoms with Gasteiger partial charge >= 0.3 is 0 Å². The van der Waals surface area contributed by atoms with Gasteiger partial charge in [-0.1, -0.05) is 12.1 Å². The van der Waals surface area contributed by atoms with Crippen molar-refractivity contribution < 1.29 is 19.0 Å². The zero-order chi connectivity index (χ0) is 19.4. The molecule has 0 bridgehead atoms. The van der Waals surface area contributed by atoms with Gasteiger partial charge in [0.2, 0.25) is 0 Å². The Balaban J connectivity index is 1.39. The normalized spacial score (nSPS) is 18.2. The second kappa shape index (κ2) is 8.16. The summed E-state index contributed by atoms with van der Waals surface area (Å²) in [7, 11) is 0. The number of hydrogen-bond acceptors (Lipinski definition) is 6. The van der Waals surface area contributed by atoms with Crippen molar-refractivity contribution in [2.75, 3.05) is 43.1 Å². The minimum Gasteiger partial charge on any atom is -0.492 e. The molecule has 0 unspecified atom stereocenters. The molecule has 28 heavy (non-hydrogen) atoms. The molecule has 2 saturated heterocycles. The third-order valence-corrected chi connectivity index (χ3v) is 5.12. The number of ether oxygens (including phenoxy) is 3. The summed E-state index contributed by atoms with van der Waals surface area (Å²) in [5, 5.41) is 2.87. The minimum atomic E-state index is -0.391. The van der Waals surface area contributed by atoms with Crippen LogP contribution >= 0.6 is 0 Å². The first-order valence-corrected chi connectivity index (χ1v) is 9.71. The largest absolute Gasteiger partial charge is 0.492 e. The molecule has 1 aromatic carbocycles. The first kappa shape index (κ1) is 18.7. The lowest BCUT2D eigenvalue weighted by Crippen LogP contribution is -2.45. The van der Waals surface area contributed by atoms with Gasteiger partial charge in [-0.3, -0.25) is 4.79 Å². The van der Waals surface area contributed by atoms with Crippen LogP contribution in [0.1, 0.15) is 30.3 Å². The van der Waals surface area contributed by atoms with Gasteiger partial charge in [0.25, 0.3) is 5.91 Å². The average molecular weight is 383 g/mol. The molecular formula is C21H25N3O4. The Hall–Kier alpha value is -2.64. The van der Waals surface area contributed by atoms with Crippen molar-refractivity contribution in [3.63, 3.8) is 0 Å². The number of amides is 1. The number of nitrogens with zero attached hydrogens (tertiary/aromatic N) is 2. The molecule has 0 saturated carbocycles. The van der Waals surface area contributed by atoms with Crippen LogP contribution in [0.25, 0.3) is 0 Å². The molecule has 7 nitrogen and oxygen atoms in total. The average Bonchev–Trinajstić information content (AvgIpc) is 3.18. The van der Waals surface area contributed by atoms with Crippen LogP contribution in [0.4, 0.5) is 11.4 Å². The van der Waals surface area contributed by atoms with Crippen LogP contribution in [0.5, 0.6) is 5.75 Å². The van der Waals surface area contributed by atoms with Gasteiger partial charge in [0.15, 0.2) is 5.79 Å². The number of hydrogen-bond donors (Lipinski definition) is 1. The van der Waals surface area contributed by atoms with E-state index in [4.69, 9.17) is 14.2 Å². The third-order valence-electron chi connectivity index (χ3n) is 5.12. The molecular weight excluding hydrogens is 358 g/mol. The Morgan fingerprint density at radius 1 is 1.18 bits per heavy atom. The van der Waals surface area contributed by atoms with Crippen LogP contribution in [0.2, 0.25) is 0 Å². The Labute approximate surface area is 164 Å². The van der Waals surface area contributed by atoms with Crippen molar-refractivity contribution >= 4 is 17.3 Å². The molecule has 1 spiro atoms. The van der Waals surface area contributed by atoms with Crippen LogP contribution in [0.3, 0.4) is 0 Å². The number of nitrogens with one attached hydrogen (secondary N) is 1.